The van der Waals surface area contributed by atoms with Gasteiger partial charge in [0.15, 0.2) is 6.66 Å². The Hall–Kier alpha value is -1.00. The van der Waals surface area contributed by atoms with Crippen molar-refractivity contribution in [2.75, 3.05) is 6.66 Å². The molecule has 0 heterocycles. The summed E-state index contributed by atoms with van der Waals surface area (Å²) >= 11 is 0. The van der Waals surface area contributed by atoms with E-state index in [2.05, 4.69) is 10.4 Å². The molecule has 0 saturated carbocycles. The molecule has 3 atom stereocenters. The maximum Gasteiger partial charge on any atom is 0.429 e. The van der Waals surface area contributed by atoms with E-state index < -0.39 is 31.9 Å². The number of hydrogen-bond donors (Lipinski definition) is 3. The van der Waals surface area contributed by atoms with Gasteiger partial charge in [-0.25, -0.2) is 0 Å². The van der Waals surface area contributed by atoms with Crippen LogP contribution in [0.4, 0.5) is 0 Å². The van der Waals surface area contributed by atoms with Gasteiger partial charge in [-0.05, 0) is 13.8 Å². The molecular weight excluding hydrogens is 207 g/mol. The molecule has 0 aliphatic heterocycles. The Labute approximate surface area is 82.9 Å². The molecule has 1 amide bonds. The lowest BCUT2D eigenvalue weighted by molar-refractivity contribution is -0.141. The normalized spacial score (nSPS) is 15.5. The van der Waals surface area contributed by atoms with Gasteiger partial charge in [0.05, 0.1) is 0 Å². The first-order valence-corrected chi connectivity index (χ1v) is 5.75. The molecule has 0 aromatic rings. The highest BCUT2D eigenvalue weighted by Crippen LogP contribution is 2.07. The molecule has 0 aromatic carbocycles. The van der Waals surface area contributed by atoms with Crippen LogP contribution in [-0.4, -0.2) is 35.7 Å². The minimum Gasteiger partial charge on any atom is -0.480 e. The first-order chi connectivity index (χ1) is 6.34. The van der Waals surface area contributed by atoms with Crippen molar-refractivity contribution in [3.63, 3.8) is 0 Å². The molecule has 0 spiro atoms. The maximum absolute atomic E-state index is 11.2. The summed E-state index contributed by atoms with van der Waals surface area (Å²) in [6, 6.07) is -1.60. The zero-order chi connectivity index (χ0) is 11.3. The molecule has 14 heavy (non-hydrogen) atoms. The van der Waals surface area contributed by atoms with Crippen molar-refractivity contribution < 1.29 is 19.3 Å². The number of rotatable bonds is 5. The standard InChI is InChI=1S/C7H13N2O4P/c1-4(9-14(3)13)6(10)8-5(2)7(11)12/h4-5H,1-3H3,(H2-,8,9,10,11,12,13)/p+1/t4-,5-/m0/s1. The fraction of sp³-hybridized carbons (Fsp3) is 0.714. The summed E-state index contributed by atoms with van der Waals surface area (Å²) in [5.41, 5.74) is 0. The van der Waals surface area contributed by atoms with Gasteiger partial charge in [0.2, 0.25) is 5.91 Å². The highest BCUT2D eigenvalue weighted by Gasteiger charge is 2.22. The average molecular weight is 221 g/mol. The number of carbonyl (C=O) groups is 2. The fourth-order valence-electron chi connectivity index (χ4n) is 0.731. The predicted molar refractivity (Wildman–Crippen MR) is 51.4 cm³/mol. The van der Waals surface area contributed by atoms with Crippen LogP contribution in [0.25, 0.3) is 0 Å². The van der Waals surface area contributed by atoms with Gasteiger partial charge < -0.3 is 10.4 Å². The van der Waals surface area contributed by atoms with E-state index >= 15 is 0 Å². The van der Waals surface area contributed by atoms with Crippen LogP contribution in [-0.2, 0) is 14.2 Å². The number of carboxylic acids is 1. The predicted octanol–water partition coefficient (Wildman–Crippen LogP) is -0.0740. The Bertz CT molecular complexity index is 256. The first-order valence-electron chi connectivity index (χ1n) is 4.04. The van der Waals surface area contributed by atoms with Crippen molar-refractivity contribution >= 4 is 19.8 Å². The Morgan fingerprint density at radius 1 is 1.29 bits per heavy atom. The Morgan fingerprint density at radius 3 is 2.14 bits per heavy atom. The third-order valence-corrected chi connectivity index (χ3v) is 2.25. The van der Waals surface area contributed by atoms with E-state index in [4.69, 9.17) is 5.11 Å². The molecule has 0 aliphatic carbocycles. The molecule has 0 saturated heterocycles. The molecule has 0 aromatic heterocycles. The lowest BCUT2D eigenvalue weighted by atomic mass is 10.3. The van der Waals surface area contributed by atoms with Crippen molar-refractivity contribution in [2.45, 2.75) is 25.9 Å². The van der Waals surface area contributed by atoms with Gasteiger partial charge in [-0.2, -0.15) is 0 Å². The van der Waals surface area contributed by atoms with Gasteiger partial charge >= 0.3 is 13.9 Å². The summed E-state index contributed by atoms with van der Waals surface area (Å²) < 4.78 is 10.7. The number of hydrogen-bond acceptors (Lipinski definition) is 3. The van der Waals surface area contributed by atoms with Crippen molar-refractivity contribution in [2.24, 2.45) is 0 Å². The van der Waals surface area contributed by atoms with Gasteiger partial charge in [0, 0.05) is 0 Å². The van der Waals surface area contributed by atoms with Crippen LogP contribution in [0.3, 0.4) is 0 Å². The van der Waals surface area contributed by atoms with E-state index in [-0.39, 0.29) is 0 Å². The van der Waals surface area contributed by atoms with Crippen molar-refractivity contribution in [3.8, 4) is 0 Å². The number of carboxylic acid groups (broad SMARTS) is 1. The smallest absolute Gasteiger partial charge is 0.429 e. The minimum absolute atomic E-state index is 0.481. The van der Waals surface area contributed by atoms with Gasteiger partial charge in [-0.15, -0.1) is 0 Å². The topological polar surface area (TPSA) is 95.5 Å². The summed E-state index contributed by atoms with van der Waals surface area (Å²) in [7, 11) is -1.62. The molecule has 0 radical (unpaired) electrons. The SMILES string of the molecule is C[C@H](NC(=O)[C@H](C)N[P+](C)=O)C(=O)O. The number of carbonyl (C=O) groups excluding carboxylic acids is 1. The largest absolute Gasteiger partial charge is 0.480 e. The zero-order valence-corrected chi connectivity index (χ0v) is 9.17. The Kier molecular flexibility index (Phi) is 5.27. The lowest BCUT2D eigenvalue weighted by Crippen LogP contribution is -2.46. The van der Waals surface area contributed by atoms with E-state index in [1.54, 1.807) is 0 Å². The van der Waals surface area contributed by atoms with Gasteiger partial charge in [0.25, 0.3) is 0 Å². The molecule has 7 heteroatoms. The van der Waals surface area contributed by atoms with Crippen LogP contribution < -0.4 is 10.4 Å². The van der Waals surface area contributed by atoms with E-state index in [0.717, 1.165) is 0 Å². The van der Waals surface area contributed by atoms with Gasteiger partial charge in [-0.1, -0.05) is 9.65 Å². The Balaban J connectivity index is 4.07. The zero-order valence-electron chi connectivity index (χ0n) is 8.27. The van der Waals surface area contributed by atoms with Crippen LogP contribution in [0, 0.1) is 0 Å². The average Bonchev–Trinajstić information content (AvgIpc) is 2.02. The summed E-state index contributed by atoms with van der Waals surface area (Å²) in [5, 5.41) is 13.2. The number of nitrogens with one attached hydrogen (secondary N) is 2. The molecule has 0 rings (SSSR count). The summed E-state index contributed by atoms with van der Waals surface area (Å²) in [5.74, 6) is -1.59. The molecule has 3 N–H and O–H groups in total. The van der Waals surface area contributed by atoms with E-state index in [1.165, 1.54) is 20.5 Å². The molecule has 0 fully saturated rings. The van der Waals surface area contributed by atoms with Crippen molar-refractivity contribution in [1.29, 1.82) is 0 Å². The Morgan fingerprint density at radius 2 is 1.79 bits per heavy atom. The van der Waals surface area contributed by atoms with Crippen LogP contribution in [0.1, 0.15) is 13.8 Å². The molecule has 1 unspecified atom stereocenters. The second-order valence-corrected chi connectivity index (χ2v) is 4.17. The minimum atomic E-state index is -1.62. The lowest BCUT2D eigenvalue weighted by Gasteiger charge is -2.11. The van der Waals surface area contributed by atoms with E-state index in [0.29, 0.717) is 0 Å². The van der Waals surface area contributed by atoms with Crippen LogP contribution >= 0.6 is 7.95 Å². The third-order valence-electron chi connectivity index (χ3n) is 1.50. The van der Waals surface area contributed by atoms with Gasteiger partial charge in [0.1, 0.15) is 12.1 Å². The highest BCUT2D eigenvalue weighted by molar-refractivity contribution is 7.41. The fourth-order valence-corrected chi connectivity index (χ4v) is 1.39. The van der Waals surface area contributed by atoms with Crippen LogP contribution in [0.2, 0.25) is 0 Å². The quantitative estimate of drug-likeness (QED) is 0.564. The van der Waals surface area contributed by atoms with Crippen LogP contribution in [0.15, 0.2) is 0 Å². The number of aliphatic carboxylic acids is 1. The second kappa shape index (κ2) is 5.67. The number of amides is 1. The molecule has 0 bridgehead atoms. The molecule has 80 valence electrons. The summed E-state index contributed by atoms with van der Waals surface area (Å²) in [6.45, 7) is 4.30. The van der Waals surface area contributed by atoms with Crippen LogP contribution in [0.5, 0.6) is 0 Å². The van der Waals surface area contributed by atoms with E-state index in [9.17, 15) is 14.2 Å². The molecule has 0 aliphatic rings. The molecule has 6 nitrogen and oxygen atoms in total. The third kappa shape index (κ3) is 4.89. The summed E-state index contributed by atoms with van der Waals surface area (Å²) in [4.78, 5) is 21.6. The summed E-state index contributed by atoms with van der Waals surface area (Å²) in [6.07, 6.45) is 0. The maximum atomic E-state index is 11.2. The van der Waals surface area contributed by atoms with E-state index in [1.807, 2.05) is 0 Å². The first kappa shape index (κ1) is 13.0. The highest BCUT2D eigenvalue weighted by atomic mass is 31.1. The monoisotopic (exact) mass is 221 g/mol. The molecular formula is C7H14N2O4P+. The van der Waals surface area contributed by atoms with Gasteiger partial charge in [-0.3, -0.25) is 9.59 Å². The second-order valence-electron chi connectivity index (χ2n) is 2.92. The van der Waals surface area contributed by atoms with Crippen molar-refractivity contribution in [3.05, 3.63) is 0 Å². The van der Waals surface area contributed by atoms with Crippen molar-refractivity contribution in [1.82, 2.24) is 10.4 Å².